The molecule has 0 aliphatic carbocycles. The Kier molecular flexibility index (Phi) is 7.96. The Hall–Kier alpha value is -7.37. The molecule has 0 fully saturated rings. The summed E-state index contributed by atoms with van der Waals surface area (Å²) in [7, 11) is 0. The quantitative estimate of drug-likeness (QED) is 0.161. The summed E-state index contributed by atoms with van der Waals surface area (Å²) in [6.45, 7) is 2.03. The third-order valence-electron chi connectivity index (χ3n) is 10.2. The van der Waals surface area contributed by atoms with Crippen LogP contribution in [0.3, 0.4) is 0 Å². The lowest BCUT2D eigenvalue weighted by atomic mass is 9.96. The van der Waals surface area contributed by atoms with Crippen molar-refractivity contribution in [1.29, 1.82) is 0 Å². The minimum absolute atomic E-state index is 0.666. The normalized spacial score (nSPS) is 11.4. The van der Waals surface area contributed by atoms with Crippen LogP contribution >= 0.6 is 0 Å². The van der Waals surface area contributed by atoms with E-state index in [4.69, 9.17) is 24.9 Å². The number of nitrogens with zero attached hydrogens (tertiary/aromatic N) is 5. The van der Waals surface area contributed by atoms with E-state index in [0.29, 0.717) is 5.82 Å². The average molecular weight is 704 g/mol. The van der Waals surface area contributed by atoms with Crippen molar-refractivity contribution >= 4 is 32.7 Å². The van der Waals surface area contributed by atoms with Gasteiger partial charge in [0.05, 0.1) is 33.6 Å². The number of hydrogen-bond donors (Lipinski definition) is 0. The summed E-state index contributed by atoms with van der Waals surface area (Å²) in [5.41, 5.74) is 14.6. The molecule has 6 aromatic carbocycles. The second-order valence-electron chi connectivity index (χ2n) is 13.8. The molecule has 5 heteroatoms. The maximum Gasteiger partial charge on any atom is 0.160 e. The predicted octanol–water partition coefficient (Wildman–Crippen LogP) is 12.4. The zero-order valence-corrected chi connectivity index (χ0v) is 30.1. The Bertz CT molecular complexity index is 3040. The third kappa shape index (κ3) is 6.08. The van der Waals surface area contributed by atoms with Crippen molar-refractivity contribution < 1.29 is 0 Å². The Balaban J connectivity index is 1.14. The van der Waals surface area contributed by atoms with E-state index >= 15 is 0 Å². The Morgan fingerprint density at radius 1 is 0.345 bits per heavy atom. The highest BCUT2D eigenvalue weighted by molar-refractivity contribution is 6.09. The van der Waals surface area contributed by atoms with E-state index in [-0.39, 0.29) is 0 Å². The van der Waals surface area contributed by atoms with E-state index in [1.165, 1.54) is 0 Å². The van der Waals surface area contributed by atoms with Crippen LogP contribution in [0, 0.1) is 6.92 Å². The number of para-hydroxylation sites is 1. The van der Waals surface area contributed by atoms with E-state index in [1.807, 2.05) is 43.5 Å². The van der Waals surface area contributed by atoms with Crippen molar-refractivity contribution in [3.05, 3.63) is 188 Å². The van der Waals surface area contributed by atoms with Crippen LogP contribution < -0.4 is 0 Å². The van der Waals surface area contributed by atoms with Crippen LogP contribution in [-0.4, -0.2) is 24.9 Å². The average Bonchev–Trinajstić information content (AvgIpc) is 3.26. The smallest absolute Gasteiger partial charge is 0.160 e. The van der Waals surface area contributed by atoms with Crippen LogP contribution in [0.1, 0.15) is 5.69 Å². The van der Waals surface area contributed by atoms with Gasteiger partial charge < -0.3 is 0 Å². The molecular weight excluding hydrogens is 671 g/mol. The summed E-state index contributed by atoms with van der Waals surface area (Å²) >= 11 is 0. The summed E-state index contributed by atoms with van der Waals surface area (Å²) in [6, 6.07) is 60.9. The monoisotopic (exact) mass is 703 g/mol. The van der Waals surface area contributed by atoms with Gasteiger partial charge in [-0.25, -0.2) is 15.0 Å². The summed E-state index contributed by atoms with van der Waals surface area (Å²) in [4.78, 5) is 25.3. The van der Waals surface area contributed by atoms with Gasteiger partial charge in [0.2, 0.25) is 0 Å². The molecule has 0 radical (unpaired) electrons. The molecule has 4 heterocycles. The molecule has 55 heavy (non-hydrogen) atoms. The van der Waals surface area contributed by atoms with Crippen molar-refractivity contribution in [3.8, 4) is 67.4 Å². The van der Waals surface area contributed by atoms with Crippen molar-refractivity contribution in [1.82, 2.24) is 24.9 Å². The first kappa shape index (κ1) is 32.3. The van der Waals surface area contributed by atoms with Crippen molar-refractivity contribution in [3.63, 3.8) is 0 Å². The molecule has 0 unspecified atom stereocenters. The van der Waals surface area contributed by atoms with Gasteiger partial charge in [-0.15, -0.1) is 0 Å². The molecule has 0 amide bonds. The summed E-state index contributed by atoms with van der Waals surface area (Å²) in [6.07, 6.45) is 1.85. The van der Waals surface area contributed by atoms with E-state index in [1.54, 1.807) is 0 Å². The molecule has 0 aliphatic heterocycles. The molecule has 0 saturated carbocycles. The standard InChI is InChI=1S/C50H33N5/c1-32-23-24-35-25-26-42-43(33-12-4-2-5-13-33)30-44(53-49(42)48(35)52-32)39-19-9-20-40(29-39)46-31-45(54-50(55-46)36-14-6-3-7-15-36)38-18-8-17-37(28-38)41-22-10-16-34-21-11-27-51-47(34)41/h2-31H,1H3. The van der Waals surface area contributed by atoms with Crippen LogP contribution in [-0.2, 0) is 0 Å². The van der Waals surface area contributed by atoms with Crippen LogP contribution in [0.15, 0.2) is 182 Å². The molecule has 0 atom stereocenters. The Morgan fingerprint density at radius 3 is 1.67 bits per heavy atom. The zero-order valence-electron chi connectivity index (χ0n) is 30.1. The lowest BCUT2D eigenvalue weighted by Gasteiger charge is -2.14. The van der Waals surface area contributed by atoms with Gasteiger partial charge in [-0.3, -0.25) is 9.97 Å². The Morgan fingerprint density at radius 2 is 0.927 bits per heavy atom. The predicted molar refractivity (Wildman–Crippen MR) is 225 cm³/mol. The maximum atomic E-state index is 5.33. The van der Waals surface area contributed by atoms with E-state index in [9.17, 15) is 0 Å². The van der Waals surface area contributed by atoms with Gasteiger partial charge >= 0.3 is 0 Å². The van der Waals surface area contributed by atoms with Crippen molar-refractivity contribution in [2.75, 3.05) is 0 Å². The fourth-order valence-electron chi connectivity index (χ4n) is 7.45. The fraction of sp³-hybridized carbons (Fsp3) is 0.0200. The highest BCUT2D eigenvalue weighted by Crippen LogP contribution is 2.37. The number of benzene rings is 6. The van der Waals surface area contributed by atoms with Gasteiger partial charge in [0, 0.05) is 55.9 Å². The molecule has 5 nitrogen and oxygen atoms in total. The number of pyridine rings is 3. The third-order valence-corrected chi connectivity index (χ3v) is 10.2. The molecule has 10 aromatic rings. The summed E-state index contributed by atoms with van der Waals surface area (Å²) in [5, 5.41) is 3.25. The van der Waals surface area contributed by atoms with Gasteiger partial charge in [-0.2, -0.15) is 0 Å². The van der Waals surface area contributed by atoms with E-state index < -0.39 is 0 Å². The highest BCUT2D eigenvalue weighted by atomic mass is 14.9. The van der Waals surface area contributed by atoms with Gasteiger partial charge in [-0.05, 0) is 60.0 Å². The van der Waals surface area contributed by atoms with Crippen LogP contribution in [0.4, 0.5) is 0 Å². The van der Waals surface area contributed by atoms with Gasteiger partial charge in [0.25, 0.3) is 0 Å². The fourth-order valence-corrected chi connectivity index (χ4v) is 7.45. The molecule has 10 rings (SSSR count). The second-order valence-corrected chi connectivity index (χ2v) is 13.8. The Labute approximate surface area is 318 Å². The molecule has 0 bridgehead atoms. The van der Waals surface area contributed by atoms with E-state index in [0.717, 1.165) is 100.0 Å². The lowest BCUT2D eigenvalue weighted by molar-refractivity contribution is 1.18. The number of rotatable bonds is 6. The molecule has 0 saturated heterocycles. The summed E-state index contributed by atoms with van der Waals surface area (Å²) < 4.78 is 0. The van der Waals surface area contributed by atoms with Gasteiger partial charge in [0.15, 0.2) is 5.82 Å². The molecule has 0 spiro atoms. The van der Waals surface area contributed by atoms with Gasteiger partial charge in [0.1, 0.15) is 0 Å². The number of aryl methyl sites for hydroxylation is 1. The molecule has 4 aromatic heterocycles. The minimum Gasteiger partial charge on any atom is -0.256 e. The first-order valence-electron chi connectivity index (χ1n) is 18.4. The summed E-state index contributed by atoms with van der Waals surface area (Å²) in [5.74, 6) is 0.666. The SMILES string of the molecule is Cc1ccc2ccc3c(-c4ccccc4)cc(-c4cccc(-c5cc(-c6cccc(-c7cccc8cccnc78)c6)nc(-c6ccccc6)n5)c4)nc3c2n1. The molecule has 0 aliphatic rings. The van der Waals surface area contributed by atoms with Gasteiger partial charge in [-0.1, -0.05) is 140 Å². The first-order chi connectivity index (χ1) is 27.1. The topological polar surface area (TPSA) is 64.5 Å². The first-order valence-corrected chi connectivity index (χ1v) is 18.4. The van der Waals surface area contributed by atoms with E-state index in [2.05, 4.69) is 146 Å². The molecule has 258 valence electrons. The zero-order chi connectivity index (χ0) is 36.7. The second kappa shape index (κ2) is 13.6. The highest BCUT2D eigenvalue weighted by Gasteiger charge is 2.16. The lowest BCUT2D eigenvalue weighted by Crippen LogP contribution is -1.97. The van der Waals surface area contributed by atoms with Crippen LogP contribution in [0.2, 0.25) is 0 Å². The van der Waals surface area contributed by atoms with Crippen LogP contribution in [0.25, 0.3) is 100 Å². The molecular formula is C50H33N5. The number of hydrogen-bond acceptors (Lipinski definition) is 5. The van der Waals surface area contributed by atoms with Crippen molar-refractivity contribution in [2.45, 2.75) is 6.92 Å². The largest absolute Gasteiger partial charge is 0.256 e. The maximum absolute atomic E-state index is 5.33. The molecule has 0 N–H and O–H groups in total. The number of fused-ring (bicyclic) bond motifs is 4. The number of aromatic nitrogens is 5. The van der Waals surface area contributed by atoms with Crippen molar-refractivity contribution in [2.24, 2.45) is 0 Å². The minimum atomic E-state index is 0.666. The van der Waals surface area contributed by atoms with Crippen LogP contribution in [0.5, 0.6) is 0 Å².